The van der Waals surface area contributed by atoms with Crippen LogP contribution in [-0.2, 0) is 6.61 Å². The van der Waals surface area contributed by atoms with Gasteiger partial charge in [-0.1, -0.05) is 6.07 Å². The topological polar surface area (TPSA) is 69.9 Å². The van der Waals surface area contributed by atoms with Gasteiger partial charge in [-0.25, -0.2) is 4.98 Å². The highest BCUT2D eigenvalue weighted by atomic mass is 16.5. The van der Waals surface area contributed by atoms with Crippen LogP contribution < -0.4 is 4.74 Å². The second-order valence-corrected chi connectivity index (χ2v) is 6.47. The molecule has 6 heteroatoms. The van der Waals surface area contributed by atoms with Crippen molar-refractivity contribution in [2.45, 2.75) is 40.3 Å². The van der Waals surface area contributed by atoms with Crippen LogP contribution in [0.25, 0.3) is 11.4 Å². The minimum atomic E-state index is 0.223. The monoisotopic (exact) mass is 350 g/mol. The predicted octanol–water partition coefficient (Wildman–Crippen LogP) is 3.93. The zero-order chi connectivity index (χ0) is 18.7. The van der Waals surface area contributed by atoms with Crippen LogP contribution in [0.4, 0.5) is 0 Å². The van der Waals surface area contributed by atoms with Gasteiger partial charge in [0.2, 0.25) is 0 Å². The van der Waals surface area contributed by atoms with Gasteiger partial charge in [-0.2, -0.15) is 5.10 Å². The lowest BCUT2D eigenvalue weighted by Crippen LogP contribution is -2.08. The fourth-order valence-corrected chi connectivity index (χ4v) is 2.97. The van der Waals surface area contributed by atoms with Crippen molar-refractivity contribution >= 4 is 6.29 Å². The summed E-state index contributed by atoms with van der Waals surface area (Å²) in [5.41, 5.74) is 4.68. The van der Waals surface area contributed by atoms with E-state index in [0.717, 1.165) is 34.5 Å². The molecule has 0 radical (unpaired) electrons. The van der Waals surface area contributed by atoms with Gasteiger partial charge in [0.15, 0.2) is 12.0 Å². The Kier molecular flexibility index (Phi) is 5.11. The van der Waals surface area contributed by atoms with Crippen LogP contribution >= 0.6 is 0 Å². The van der Waals surface area contributed by atoms with E-state index in [-0.39, 0.29) is 6.04 Å². The zero-order valence-electron chi connectivity index (χ0n) is 15.4. The second-order valence-electron chi connectivity index (χ2n) is 6.47. The largest absolute Gasteiger partial charge is 0.486 e. The van der Waals surface area contributed by atoms with Crippen molar-refractivity contribution in [2.75, 3.05) is 0 Å². The summed E-state index contributed by atoms with van der Waals surface area (Å²) in [4.78, 5) is 20.1. The van der Waals surface area contributed by atoms with E-state index in [1.165, 1.54) is 0 Å². The van der Waals surface area contributed by atoms with Crippen LogP contribution in [0.5, 0.6) is 5.75 Å². The maximum atomic E-state index is 11.3. The predicted molar refractivity (Wildman–Crippen MR) is 99.3 cm³/mol. The van der Waals surface area contributed by atoms with Gasteiger partial charge in [0.05, 0.1) is 11.4 Å². The van der Waals surface area contributed by atoms with Crippen LogP contribution in [0.2, 0.25) is 0 Å². The Bertz CT molecular complexity index is 931. The second kappa shape index (κ2) is 7.47. The van der Waals surface area contributed by atoms with Crippen molar-refractivity contribution in [2.24, 2.45) is 0 Å². The third kappa shape index (κ3) is 3.49. The Morgan fingerprint density at radius 1 is 1.23 bits per heavy atom. The summed E-state index contributed by atoms with van der Waals surface area (Å²) in [6.45, 7) is 8.21. The van der Waals surface area contributed by atoms with Gasteiger partial charge in [0.25, 0.3) is 0 Å². The molecule has 0 unspecified atom stereocenters. The minimum Gasteiger partial charge on any atom is -0.486 e. The van der Waals surface area contributed by atoms with E-state index in [1.807, 2.05) is 42.8 Å². The highest BCUT2D eigenvalue weighted by Gasteiger charge is 2.15. The third-order valence-electron chi connectivity index (χ3n) is 4.09. The molecule has 0 bridgehead atoms. The van der Waals surface area contributed by atoms with Gasteiger partial charge in [-0.3, -0.25) is 14.5 Å². The van der Waals surface area contributed by atoms with Crippen LogP contribution in [0.1, 0.15) is 47.2 Å². The molecule has 134 valence electrons. The number of pyridine rings is 2. The highest BCUT2D eigenvalue weighted by molar-refractivity contribution is 5.77. The molecule has 3 aromatic heterocycles. The minimum absolute atomic E-state index is 0.223. The Morgan fingerprint density at radius 3 is 2.77 bits per heavy atom. The first-order valence-electron chi connectivity index (χ1n) is 8.55. The van der Waals surface area contributed by atoms with Crippen LogP contribution in [0.15, 0.2) is 36.7 Å². The molecular weight excluding hydrogens is 328 g/mol. The van der Waals surface area contributed by atoms with Crippen LogP contribution in [0.3, 0.4) is 0 Å². The number of aldehydes is 1. The maximum Gasteiger partial charge on any atom is 0.172 e. The van der Waals surface area contributed by atoms with Gasteiger partial charge in [-0.15, -0.1) is 0 Å². The molecular formula is C20H22N4O2. The molecule has 0 aromatic carbocycles. The molecule has 3 rings (SSSR count). The van der Waals surface area contributed by atoms with Gasteiger partial charge < -0.3 is 4.74 Å². The molecule has 3 heterocycles. The summed E-state index contributed by atoms with van der Waals surface area (Å²) < 4.78 is 7.91. The number of aryl methyl sites for hydroxylation is 2. The van der Waals surface area contributed by atoms with Crippen LogP contribution in [0, 0.1) is 13.8 Å². The first-order valence-corrected chi connectivity index (χ1v) is 8.55. The quantitative estimate of drug-likeness (QED) is 0.630. The van der Waals surface area contributed by atoms with Gasteiger partial charge >= 0.3 is 0 Å². The SMILES string of the molecule is Cc1cc(C)c(OCc2cccnc2-c2ccnn2C(C)C)c(C=O)n1. The van der Waals surface area contributed by atoms with Crippen molar-refractivity contribution in [3.05, 3.63) is 59.2 Å². The molecule has 26 heavy (non-hydrogen) atoms. The molecule has 0 atom stereocenters. The van der Waals surface area contributed by atoms with E-state index in [4.69, 9.17) is 4.74 Å². The lowest BCUT2D eigenvalue weighted by Gasteiger charge is -2.15. The average Bonchev–Trinajstić information content (AvgIpc) is 3.10. The smallest absolute Gasteiger partial charge is 0.172 e. The summed E-state index contributed by atoms with van der Waals surface area (Å²) in [5.74, 6) is 0.512. The summed E-state index contributed by atoms with van der Waals surface area (Å²) in [5, 5.41) is 4.38. The first kappa shape index (κ1) is 17.8. The molecule has 0 saturated heterocycles. The number of carbonyl (C=O) groups is 1. The number of hydrogen-bond donors (Lipinski definition) is 0. The highest BCUT2D eigenvalue weighted by Crippen LogP contribution is 2.27. The van der Waals surface area contributed by atoms with Crippen molar-refractivity contribution in [1.29, 1.82) is 0 Å². The van der Waals surface area contributed by atoms with Crippen molar-refractivity contribution in [3.63, 3.8) is 0 Å². The Morgan fingerprint density at radius 2 is 2.04 bits per heavy atom. The van der Waals surface area contributed by atoms with Crippen molar-refractivity contribution in [3.8, 4) is 17.1 Å². The van der Waals surface area contributed by atoms with Gasteiger partial charge in [0.1, 0.15) is 12.3 Å². The molecule has 0 aliphatic heterocycles. The lowest BCUT2D eigenvalue weighted by molar-refractivity contribution is 0.111. The number of nitrogens with zero attached hydrogens (tertiary/aromatic N) is 4. The summed E-state index contributed by atoms with van der Waals surface area (Å²) in [6, 6.07) is 7.92. The third-order valence-corrected chi connectivity index (χ3v) is 4.09. The summed E-state index contributed by atoms with van der Waals surface area (Å²) in [6.07, 6.45) is 4.26. The number of hydrogen-bond acceptors (Lipinski definition) is 5. The average molecular weight is 350 g/mol. The molecule has 6 nitrogen and oxygen atoms in total. The number of ether oxygens (including phenoxy) is 1. The van der Waals surface area contributed by atoms with Gasteiger partial charge in [0, 0.05) is 29.7 Å². The number of rotatable bonds is 6. The summed E-state index contributed by atoms with van der Waals surface area (Å²) >= 11 is 0. The van der Waals surface area contributed by atoms with E-state index in [1.54, 1.807) is 12.4 Å². The summed E-state index contributed by atoms with van der Waals surface area (Å²) in [7, 11) is 0. The molecule has 0 aliphatic carbocycles. The molecule has 3 aromatic rings. The molecule has 0 fully saturated rings. The van der Waals surface area contributed by atoms with E-state index < -0.39 is 0 Å². The van der Waals surface area contributed by atoms with E-state index in [2.05, 4.69) is 28.9 Å². The van der Waals surface area contributed by atoms with Crippen LogP contribution in [-0.4, -0.2) is 26.0 Å². The molecule has 0 saturated carbocycles. The van der Waals surface area contributed by atoms with E-state index in [9.17, 15) is 4.79 Å². The Balaban J connectivity index is 1.94. The molecule has 0 N–H and O–H groups in total. The first-order chi connectivity index (χ1) is 12.5. The zero-order valence-corrected chi connectivity index (χ0v) is 15.4. The van der Waals surface area contributed by atoms with Crippen molar-refractivity contribution < 1.29 is 9.53 Å². The Labute approximate surface area is 152 Å². The lowest BCUT2D eigenvalue weighted by atomic mass is 10.1. The Hall–Kier alpha value is -3.02. The standard InChI is InChI=1S/C20H22N4O2/c1-13(2)24-18(7-9-22-24)19-16(6-5-8-21-19)12-26-20-14(3)10-15(4)23-17(20)11-25/h5-11,13H,12H2,1-4H3. The number of carbonyl (C=O) groups excluding carboxylic acids is 1. The maximum absolute atomic E-state index is 11.3. The molecule has 0 aliphatic rings. The fourth-order valence-electron chi connectivity index (χ4n) is 2.97. The molecule has 0 amide bonds. The van der Waals surface area contributed by atoms with E-state index in [0.29, 0.717) is 18.1 Å². The fraction of sp³-hybridized carbons (Fsp3) is 0.300. The normalized spacial score (nSPS) is 11.0. The van der Waals surface area contributed by atoms with Gasteiger partial charge in [-0.05, 0) is 51.5 Å². The molecule has 0 spiro atoms. The van der Waals surface area contributed by atoms with Crippen molar-refractivity contribution in [1.82, 2.24) is 19.7 Å². The number of aromatic nitrogens is 4. The van der Waals surface area contributed by atoms with E-state index >= 15 is 0 Å².